The first-order valence-corrected chi connectivity index (χ1v) is 11.3. The van der Waals surface area contributed by atoms with Crippen LogP contribution in [0.1, 0.15) is 44.2 Å². The third-order valence-corrected chi connectivity index (χ3v) is 7.06. The Bertz CT molecular complexity index is 769. The van der Waals surface area contributed by atoms with Gasteiger partial charge in [0.15, 0.2) is 15.8 Å². The molecular formula is C20H33N3O3S. The lowest BCUT2D eigenvalue weighted by Gasteiger charge is -2.26. The van der Waals surface area contributed by atoms with E-state index in [9.17, 15) is 8.42 Å². The first-order valence-electron chi connectivity index (χ1n) is 9.60. The van der Waals surface area contributed by atoms with Crippen LogP contribution in [0.5, 0.6) is 0 Å². The molecule has 2 N–H and O–H groups in total. The maximum atomic E-state index is 12.8. The molecule has 7 heteroatoms. The number of nitrogens with one attached hydrogen (secondary N) is 2. The summed E-state index contributed by atoms with van der Waals surface area (Å²) in [5, 5.41) is 6.53. The number of hydrogen-bond acceptors (Lipinski definition) is 4. The van der Waals surface area contributed by atoms with E-state index in [1.807, 2.05) is 26.8 Å². The smallest absolute Gasteiger partial charge is 0.191 e. The number of nitrogens with zero attached hydrogens (tertiary/aromatic N) is 1. The van der Waals surface area contributed by atoms with E-state index < -0.39 is 9.84 Å². The van der Waals surface area contributed by atoms with E-state index in [-0.39, 0.29) is 17.4 Å². The average Bonchev–Trinajstić information content (AvgIpc) is 3.06. The summed E-state index contributed by atoms with van der Waals surface area (Å²) in [5.41, 5.74) is 1.89. The summed E-state index contributed by atoms with van der Waals surface area (Å²) in [5.74, 6) is 0.634. The van der Waals surface area contributed by atoms with Gasteiger partial charge < -0.3 is 15.4 Å². The summed E-state index contributed by atoms with van der Waals surface area (Å²) in [4.78, 5) is 4.62. The predicted octanol–water partition coefficient (Wildman–Crippen LogP) is 2.59. The number of benzene rings is 1. The lowest BCUT2D eigenvalue weighted by Crippen LogP contribution is -2.50. The van der Waals surface area contributed by atoms with E-state index in [0.29, 0.717) is 23.8 Å². The topological polar surface area (TPSA) is 79.8 Å². The number of hydrogen-bond donors (Lipinski definition) is 2. The van der Waals surface area contributed by atoms with Crippen LogP contribution in [0.25, 0.3) is 0 Å². The second kappa shape index (κ2) is 9.06. The second-order valence-electron chi connectivity index (χ2n) is 7.60. The summed E-state index contributed by atoms with van der Waals surface area (Å²) < 4.78 is 31.4. The summed E-state index contributed by atoms with van der Waals surface area (Å²) in [7, 11) is -1.69. The van der Waals surface area contributed by atoms with E-state index in [1.54, 1.807) is 19.2 Å². The Morgan fingerprint density at radius 1 is 1.33 bits per heavy atom. The Labute approximate surface area is 163 Å². The highest BCUT2D eigenvalue weighted by Crippen LogP contribution is 2.23. The number of aliphatic imine (C=N–C) groups is 1. The van der Waals surface area contributed by atoms with Gasteiger partial charge in [0.1, 0.15) is 0 Å². The fourth-order valence-corrected chi connectivity index (χ4v) is 4.84. The van der Waals surface area contributed by atoms with Gasteiger partial charge >= 0.3 is 0 Å². The molecule has 1 fully saturated rings. The summed E-state index contributed by atoms with van der Waals surface area (Å²) in [6, 6.07) is 5.08. The molecule has 1 aromatic carbocycles. The number of sulfone groups is 1. The SMILES string of the molecule is CCC(CS(=O)(=O)c1ccc(C)c(C)c1)NC(=NC)NCC1(C)CCCO1. The lowest BCUT2D eigenvalue weighted by atomic mass is 10.0. The van der Waals surface area contributed by atoms with Gasteiger partial charge in [-0.25, -0.2) is 8.42 Å². The quantitative estimate of drug-likeness (QED) is 0.548. The molecule has 6 nitrogen and oxygen atoms in total. The standard InChI is InChI=1S/C20H33N3O3S/c1-6-17(13-27(24,25)18-9-8-15(2)16(3)12-18)23-19(21-5)22-14-20(4)10-7-11-26-20/h8-9,12,17H,6-7,10-11,13-14H2,1-5H3,(H2,21,22,23). The van der Waals surface area contributed by atoms with Crippen molar-refractivity contribution in [2.24, 2.45) is 4.99 Å². The van der Waals surface area contributed by atoms with Crippen molar-refractivity contribution in [3.63, 3.8) is 0 Å². The Hall–Kier alpha value is -1.60. The van der Waals surface area contributed by atoms with Gasteiger partial charge in [-0.15, -0.1) is 0 Å². The van der Waals surface area contributed by atoms with Crippen molar-refractivity contribution in [1.29, 1.82) is 0 Å². The third kappa shape index (κ3) is 5.94. The monoisotopic (exact) mass is 395 g/mol. The van der Waals surface area contributed by atoms with E-state index >= 15 is 0 Å². The Balaban J connectivity index is 2.01. The summed E-state index contributed by atoms with van der Waals surface area (Å²) in [6.45, 7) is 9.40. The average molecular weight is 396 g/mol. The molecule has 1 saturated heterocycles. The van der Waals surface area contributed by atoms with Gasteiger partial charge in [-0.05, 0) is 63.3 Å². The molecule has 2 rings (SSSR count). The number of aryl methyl sites for hydroxylation is 2. The number of rotatable bonds is 7. The highest BCUT2D eigenvalue weighted by atomic mass is 32.2. The van der Waals surface area contributed by atoms with Gasteiger partial charge in [-0.1, -0.05) is 13.0 Å². The Morgan fingerprint density at radius 3 is 2.63 bits per heavy atom. The molecule has 2 unspecified atom stereocenters. The molecule has 152 valence electrons. The molecule has 0 amide bonds. The third-order valence-electron chi connectivity index (χ3n) is 5.25. The molecule has 1 aliphatic rings. The minimum Gasteiger partial charge on any atom is -0.373 e. The zero-order chi connectivity index (χ0) is 20.1. The van der Waals surface area contributed by atoms with Crippen LogP contribution >= 0.6 is 0 Å². The highest BCUT2D eigenvalue weighted by molar-refractivity contribution is 7.91. The van der Waals surface area contributed by atoms with Crippen molar-refractivity contribution in [3.8, 4) is 0 Å². The summed E-state index contributed by atoms with van der Waals surface area (Å²) in [6.07, 6.45) is 2.75. The van der Waals surface area contributed by atoms with E-state index in [2.05, 4.69) is 22.5 Å². The highest BCUT2D eigenvalue weighted by Gasteiger charge is 2.30. The van der Waals surface area contributed by atoms with Crippen LogP contribution in [0.3, 0.4) is 0 Å². The van der Waals surface area contributed by atoms with Crippen LogP contribution in [0.4, 0.5) is 0 Å². The predicted molar refractivity (Wildman–Crippen MR) is 110 cm³/mol. The first-order chi connectivity index (χ1) is 12.7. The van der Waals surface area contributed by atoms with E-state index in [1.165, 1.54) is 0 Å². The van der Waals surface area contributed by atoms with Gasteiger partial charge in [0.05, 0.1) is 16.2 Å². The fraction of sp³-hybridized carbons (Fsp3) is 0.650. The van der Waals surface area contributed by atoms with Gasteiger partial charge in [0, 0.05) is 26.2 Å². The van der Waals surface area contributed by atoms with Crippen LogP contribution in [-0.4, -0.2) is 52.0 Å². The van der Waals surface area contributed by atoms with E-state index in [0.717, 1.165) is 30.6 Å². The molecule has 0 radical (unpaired) electrons. The molecule has 1 aliphatic heterocycles. The summed E-state index contributed by atoms with van der Waals surface area (Å²) >= 11 is 0. The van der Waals surface area contributed by atoms with Crippen LogP contribution < -0.4 is 10.6 Å². The molecule has 1 aromatic rings. The van der Waals surface area contributed by atoms with Crippen LogP contribution in [0, 0.1) is 13.8 Å². The second-order valence-corrected chi connectivity index (χ2v) is 9.64. The minimum atomic E-state index is -3.38. The normalized spacial score (nSPS) is 21.9. The molecular weight excluding hydrogens is 362 g/mol. The minimum absolute atomic E-state index is 0.0282. The van der Waals surface area contributed by atoms with Crippen LogP contribution in [0.2, 0.25) is 0 Å². The molecule has 27 heavy (non-hydrogen) atoms. The Morgan fingerprint density at radius 2 is 2.07 bits per heavy atom. The fourth-order valence-electron chi connectivity index (χ4n) is 3.16. The van der Waals surface area contributed by atoms with Gasteiger partial charge in [-0.3, -0.25) is 4.99 Å². The molecule has 0 bridgehead atoms. The lowest BCUT2D eigenvalue weighted by molar-refractivity contribution is 0.0242. The Kier molecular flexibility index (Phi) is 7.28. The number of ether oxygens (including phenoxy) is 1. The first kappa shape index (κ1) is 21.7. The van der Waals surface area contributed by atoms with Crippen molar-refractivity contribution in [2.45, 2.75) is 63.5 Å². The van der Waals surface area contributed by atoms with Crippen molar-refractivity contribution in [2.75, 3.05) is 26.0 Å². The molecule has 0 aromatic heterocycles. The molecule has 1 heterocycles. The van der Waals surface area contributed by atoms with Crippen molar-refractivity contribution in [3.05, 3.63) is 29.3 Å². The molecule has 0 spiro atoms. The zero-order valence-electron chi connectivity index (χ0n) is 17.1. The largest absolute Gasteiger partial charge is 0.373 e. The van der Waals surface area contributed by atoms with Gasteiger partial charge in [0.25, 0.3) is 0 Å². The van der Waals surface area contributed by atoms with Crippen molar-refractivity contribution >= 4 is 15.8 Å². The van der Waals surface area contributed by atoms with Crippen molar-refractivity contribution in [1.82, 2.24) is 10.6 Å². The van der Waals surface area contributed by atoms with Gasteiger partial charge in [-0.2, -0.15) is 0 Å². The number of guanidine groups is 1. The molecule has 2 atom stereocenters. The van der Waals surface area contributed by atoms with Crippen LogP contribution in [0.15, 0.2) is 28.1 Å². The maximum Gasteiger partial charge on any atom is 0.191 e. The van der Waals surface area contributed by atoms with Gasteiger partial charge in [0.2, 0.25) is 0 Å². The van der Waals surface area contributed by atoms with Crippen LogP contribution in [-0.2, 0) is 14.6 Å². The molecule has 0 saturated carbocycles. The van der Waals surface area contributed by atoms with Crippen molar-refractivity contribution < 1.29 is 13.2 Å². The zero-order valence-corrected chi connectivity index (χ0v) is 17.9. The van der Waals surface area contributed by atoms with E-state index in [4.69, 9.17) is 4.74 Å². The molecule has 0 aliphatic carbocycles. The maximum absolute atomic E-state index is 12.8.